The number of hydrogen-bond acceptors (Lipinski definition) is 4. The third-order valence-corrected chi connectivity index (χ3v) is 8.27. The van der Waals surface area contributed by atoms with Gasteiger partial charge in [0.2, 0.25) is 0 Å². The van der Waals surface area contributed by atoms with Gasteiger partial charge in [0, 0.05) is 11.9 Å². The van der Waals surface area contributed by atoms with Crippen molar-refractivity contribution >= 4 is 67.6 Å². The molecule has 0 saturated heterocycles. The van der Waals surface area contributed by atoms with E-state index in [4.69, 9.17) is 29.6 Å². The van der Waals surface area contributed by atoms with Crippen molar-refractivity contribution in [1.82, 2.24) is 20.2 Å². The third kappa shape index (κ3) is 5.89. The first-order valence-corrected chi connectivity index (χ1v) is 13.5. The molecule has 16 heteroatoms. The van der Waals surface area contributed by atoms with Gasteiger partial charge in [-0.15, -0.1) is 0 Å². The fourth-order valence-corrected chi connectivity index (χ4v) is 5.57. The van der Waals surface area contributed by atoms with Gasteiger partial charge in [0.05, 0.1) is 36.8 Å². The highest BCUT2D eigenvalue weighted by molar-refractivity contribution is 9.10. The Morgan fingerprint density at radius 1 is 1.20 bits per heavy atom. The van der Waals surface area contributed by atoms with Crippen molar-refractivity contribution in [3.63, 3.8) is 0 Å². The summed E-state index contributed by atoms with van der Waals surface area (Å²) in [7, 11) is 0. The second kappa shape index (κ2) is 10.7. The van der Waals surface area contributed by atoms with Crippen LogP contribution in [0.15, 0.2) is 28.7 Å². The van der Waals surface area contributed by atoms with Crippen LogP contribution in [-0.4, -0.2) is 38.1 Å². The number of amides is 2. The molecule has 4 N–H and O–H groups in total. The number of pyridine rings is 1. The van der Waals surface area contributed by atoms with Gasteiger partial charge in [0.1, 0.15) is 11.3 Å². The number of rotatable bonds is 7. The highest BCUT2D eigenvalue weighted by Gasteiger charge is 2.47. The number of benzene rings is 1. The van der Waals surface area contributed by atoms with Crippen molar-refractivity contribution in [3.05, 3.63) is 61.8 Å². The highest BCUT2D eigenvalue weighted by Crippen LogP contribution is 2.41. The Labute approximate surface area is 247 Å². The van der Waals surface area contributed by atoms with Gasteiger partial charge in [0.15, 0.2) is 6.04 Å². The van der Waals surface area contributed by atoms with Crippen molar-refractivity contribution in [2.24, 2.45) is 5.73 Å². The lowest BCUT2D eigenvalue weighted by Crippen LogP contribution is -2.46. The maximum Gasteiger partial charge on any atom is 0.417 e. The first-order valence-electron chi connectivity index (χ1n) is 12.0. The van der Waals surface area contributed by atoms with Crippen molar-refractivity contribution in [2.45, 2.75) is 57.2 Å². The molecule has 1 aromatic carbocycles. The Morgan fingerprint density at radius 2 is 1.83 bits per heavy atom. The standard InChI is InChI=1S/C25H21BrClF6N5O2S/c1-3-38-17(21(40)36-18(25(31,32)33)11-4-5-15(27)14(8-11)24(28,29)30)16(26)13-9-12(10(2)35-19(13)38)20(39)37-23(6-7-23)22(34)41/h4-5,8-9,18H,3,6-7H2,1-2H3,(H2,34,41)(H,36,40)(H,37,39). The fraction of sp³-hybridized carbons (Fsp3) is 0.360. The average molecular weight is 685 g/mol. The van der Waals surface area contributed by atoms with Gasteiger partial charge in [-0.25, -0.2) is 4.98 Å². The van der Waals surface area contributed by atoms with Gasteiger partial charge < -0.3 is 20.9 Å². The van der Waals surface area contributed by atoms with Crippen molar-refractivity contribution < 1.29 is 35.9 Å². The normalized spacial score (nSPS) is 15.5. The van der Waals surface area contributed by atoms with Crippen LogP contribution in [0.4, 0.5) is 26.3 Å². The number of aryl methyl sites for hydroxylation is 2. The number of alkyl halides is 6. The van der Waals surface area contributed by atoms with Crippen LogP contribution in [0.3, 0.4) is 0 Å². The number of nitrogens with two attached hydrogens (primary N) is 1. The molecule has 2 heterocycles. The molecule has 220 valence electrons. The van der Waals surface area contributed by atoms with Crippen LogP contribution in [-0.2, 0) is 12.7 Å². The molecule has 2 amide bonds. The zero-order valence-corrected chi connectivity index (χ0v) is 24.4. The van der Waals surface area contributed by atoms with Crippen LogP contribution >= 0.6 is 39.7 Å². The van der Waals surface area contributed by atoms with E-state index in [1.165, 1.54) is 10.6 Å². The summed E-state index contributed by atoms with van der Waals surface area (Å²) in [4.78, 5) is 30.9. The molecule has 1 saturated carbocycles. The topological polar surface area (TPSA) is 102 Å². The van der Waals surface area contributed by atoms with E-state index in [1.807, 2.05) is 5.32 Å². The minimum absolute atomic E-state index is 0.0388. The zero-order chi connectivity index (χ0) is 30.7. The summed E-state index contributed by atoms with van der Waals surface area (Å²) in [6, 6.07) is 0.336. The molecule has 0 bridgehead atoms. The Hall–Kier alpha value is -2.91. The molecule has 7 nitrogen and oxygen atoms in total. The number of halogens is 8. The van der Waals surface area contributed by atoms with Gasteiger partial charge in [-0.1, -0.05) is 29.9 Å². The van der Waals surface area contributed by atoms with E-state index < -0.39 is 51.9 Å². The number of carbonyl (C=O) groups is 2. The SMILES string of the molecule is CCn1c(C(=O)NC(c2ccc(Cl)c(C(F)(F)F)c2)C(F)(F)F)c(Br)c2cc(C(=O)NC3(C(N)=S)CC3)c(C)nc21. The fourth-order valence-electron chi connectivity index (χ4n) is 4.41. The lowest BCUT2D eigenvalue weighted by molar-refractivity contribution is -0.156. The number of aromatic nitrogens is 2. The predicted octanol–water partition coefficient (Wildman–Crippen LogP) is 6.38. The molecular weight excluding hydrogens is 664 g/mol. The number of hydrogen-bond donors (Lipinski definition) is 3. The summed E-state index contributed by atoms with van der Waals surface area (Å²) in [6.45, 7) is 3.26. The zero-order valence-electron chi connectivity index (χ0n) is 21.2. The summed E-state index contributed by atoms with van der Waals surface area (Å²) in [5.74, 6) is -1.76. The minimum atomic E-state index is -5.16. The lowest BCUT2D eigenvalue weighted by atomic mass is 10.0. The van der Waals surface area contributed by atoms with E-state index in [2.05, 4.69) is 26.2 Å². The summed E-state index contributed by atoms with van der Waals surface area (Å²) < 4.78 is 83.6. The van der Waals surface area contributed by atoms with Gasteiger partial charge in [0.25, 0.3) is 11.8 Å². The molecule has 1 fully saturated rings. The van der Waals surface area contributed by atoms with Gasteiger partial charge in [-0.3, -0.25) is 9.59 Å². The largest absolute Gasteiger partial charge is 0.417 e. The van der Waals surface area contributed by atoms with E-state index in [0.29, 0.717) is 18.9 Å². The Kier molecular flexibility index (Phi) is 8.12. The van der Waals surface area contributed by atoms with Crippen LogP contribution < -0.4 is 16.4 Å². The van der Waals surface area contributed by atoms with E-state index in [0.717, 1.165) is 6.07 Å². The molecule has 0 aliphatic heterocycles. The predicted molar refractivity (Wildman–Crippen MR) is 147 cm³/mol. The minimum Gasteiger partial charge on any atom is -0.391 e. The molecule has 1 aliphatic rings. The van der Waals surface area contributed by atoms with Crippen LogP contribution in [0, 0.1) is 6.92 Å². The lowest BCUT2D eigenvalue weighted by Gasteiger charge is -2.23. The van der Waals surface area contributed by atoms with E-state index >= 15 is 0 Å². The van der Waals surface area contributed by atoms with Crippen LogP contribution in [0.1, 0.15) is 63.5 Å². The average Bonchev–Trinajstić information content (AvgIpc) is 3.59. The Bertz CT molecular complexity index is 1590. The molecule has 1 atom stereocenters. The summed E-state index contributed by atoms with van der Waals surface area (Å²) in [5, 5.41) is 4.06. The van der Waals surface area contributed by atoms with Crippen molar-refractivity contribution in [2.75, 3.05) is 0 Å². The second-order valence-corrected chi connectivity index (χ2v) is 11.1. The summed E-state index contributed by atoms with van der Waals surface area (Å²) >= 11 is 13.8. The molecule has 41 heavy (non-hydrogen) atoms. The van der Waals surface area contributed by atoms with E-state index in [1.54, 1.807) is 13.8 Å². The summed E-state index contributed by atoms with van der Waals surface area (Å²) in [5.41, 5.74) is 2.94. The molecule has 0 radical (unpaired) electrons. The maximum absolute atomic E-state index is 14.1. The Morgan fingerprint density at radius 3 is 2.34 bits per heavy atom. The first-order chi connectivity index (χ1) is 18.9. The molecule has 1 unspecified atom stereocenters. The third-order valence-electron chi connectivity index (χ3n) is 6.75. The van der Waals surface area contributed by atoms with Gasteiger partial charge in [-0.2, -0.15) is 26.3 Å². The van der Waals surface area contributed by atoms with E-state index in [-0.39, 0.29) is 50.1 Å². The monoisotopic (exact) mass is 683 g/mol. The molecule has 3 aromatic rings. The number of fused-ring (bicyclic) bond motifs is 1. The van der Waals surface area contributed by atoms with Crippen LogP contribution in [0.5, 0.6) is 0 Å². The number of carbonyl (C=O) groups excluding carboxylic acids is 2. The molecule has 0 spiro atoms. The van der Waals surface area contributed by atoms with E-state index in [9.17, 15) is 35.9 Å². The quantitative estimate of drug-likeness (QED) is 0.198. The molecule has 1 aliphatic carbocycles. The first kappa shape index (κ1) is 31.0. The highest BCUT2D eigenvalue weighted by atomic mass is 79.9. The van der Waals surface area contributed by atoms with Gasteiger partial charge in [-0.05, 0) is 66.4 Å². The van der Waals surface area contributed by atoms with Gasteiger partial charge >= 0.3 is 12.4 Å². The van der Waals surface area contributed by atoms with Crippen molar-refractivity contribution in [1.29, 1.82) is 0 Å². The summed E-state index contributed by atoms with van der Waals surface area (Å²) in [6.07, 6.45) is -9.04. The molecular formula is C25H21BrClF6N5O2S. The maximum atomic E-state index is 14.1. The molecule has 4 rings (SSSR count). The molecule has 2 aromatic heterocycles. The Balaban J connectivity index is 1.75. The second-order valence-electron chi connectivity index (χ2n) is 9.48. The number of nitrogens with zero attached hydrogens (tertiary/aromatic N) is 2. The van der Waals surface area contributed by atoms with Crippen LogP contribution in [0.2, 0.25) is 5.02 Å². The van der Waals surface area contributed by atoms with Crippen molar-refractivity contribution in [3.8, 4) is 0 Å². The number of thiocarbonyl (C=S) groups is 1. The van der Waals surface area contributed by atoms with Crippen LogP contribution in [0.25, 0.3) is 11.0 Å². The smallest absolute Gasteiger partial charge is 0.391 e. The number of nitrogens with one attached hydrogen (secondary N) is 2.